The summed E-state index contributed by atoms with van der Waals surface area (Å²) in [5.41, 5.74) is 4.27. The molecule has 0 spiro atoms. The third-order valence-corrected chi connectivity index (χ3v) is 6.53. The highest BCUT2D eigenvalue weighted by molar-refractivity contribution is 7.89. The summed E-state index contributed by atoms with van der Waals surface area (Å²) in [6, 6.07) is 9.00. The van der Waals surface area contributed by atoms with Crippen LogP contribution < -0.4 is 15.6 Å². The molecule has 0 bridgehead atoms. The molecule has 0 saturated heterocycles. The third kappa shape index (κ3) is 5.91. The lowest BCUT2D eigenvalue weighted by Crippen LogP contribution is -2.43. The molecule has 0 radical (unpaired) electrons. The number of ether oxygens (including phenoxy) is 1. The molecular formula is C19H21ClFN3O5S. The van der Waals surface area contributed by atoms with E-state index in [9.17, 15) is 22.4 Å². The van der Waals surface area contributed by atoms with Crippen LogP contribution in [0.1, 0.15) is 24.2 Å². The van der Waals surface area contributed by atoms with E-state index < -0.39 is 34.3 Å². The molecule has 0 aliphatic rings. The minimum atomic E-state index is -3.88. The van der Waals surface area contributed by atoms with Gasteiger partial charge in [-0.05, 0) is 30.3 Å². The molecule has 2 N–H and O–H groups in total. The molecule has 2 aromatic carbocycles. The fourth-order valence-electron chi connectivity index (χ4n) is 2.49. The van der Waals surface area contributed by atoms with Crippen molar-refractivity contribution >= 4 is 33.4 Å². The highest BCUT2D eigenvalue weighted by Crippen LogP contribution is 2.25. The molecule has 30 heavy (non-hydrogen) atoms. The van der Waals surface area contributed by atoms with Gasteiger partial charge in [0.2, 0.25) is 10.0 Å². The van der Waals surface area contributed by atoms with Crippen molar-refractivity contribution in [2.45, 2.75) is 18.7 Å². The summed E-state index contributed by atoms with van der Waals surface area (Å²) in [6.07, 6.45) is 0. The second-order valence-corrected chi connectivity index (χ2v) is 8.30. The minimum Gasteiger partial charge on any atom is -0.484 e. The van der Waals surface area contributed by atoms with Gasteiger partial charge in [-0.1, -0.05) is 31.5 Å². The van der Waals surface area contributed by atoms with Gasteiger partial charge in [0.15, 0.2) is 6.61 Å². The summed E-state index contributed by atoms with van der Waals surface area (Å²) < 4.78 is 44.8. The zero-order valence-electron chi connectivity index (χ0n) is 16.3. The summed E-state index contributed by atoms with van der Waals surface area (Å²) in [5, 5.41) is -0.0222. The van der Waals surface area contributed by atoms with Crippen LogP contribution in [-0.4, -0.2) is 44.2 Å². The number of nitrogens with zero attached hydrogens (tertiary/aromatic N) is 1. The van der Waals surface area contributed by atoms with Crippen LogP contribution in [0.25, 0.3) is 0 Å². The van der Waals surface area contributed by atoms with Crippen molar-refractivity contribution in [2.24, 2.45) is 0 Å². The lowest BCUT2D eigenvalue weighted by atomic mass is 10.2. The van der Waals surface area contributed by atoms with Crippen LogP contribution in [0, 0.1) is 5.82 Å². The van der Waals surface area contributed by atoms with Gasteiger partial charge in [0.25, 0.3) is 11.8 Å². The number of hydrogen-bond donors (Lipinski definition) is 2. The summed E-state index contributed by atoms with van der Waals surface area (Å²) in [5.74, 6) is -1.81. The number of amides is 2. The maximum atomic E-state index is 13.1. The fourth-order valence-corrected chi connectivity index (χ4v) is 4.44. The molecule has 2 aromatic rings. The van der Waals surface area contributed by atoms with Crippen LogP contribution in [0.3, 0.4) is 0 Å². The van der Waals surface area contributed by atoms with Crippen molar-refractivity contribution < 1.29 is 27.1 Å². The van der Waals surface area contributed by atoms with E-state index in [-0.39, 0.29) is 34.3 Å². The van der Waals surface area contributed by atoms with E-state index in [2.05, 4.69) is 10.9 Å². The standard InChI is InChI=1S/C19H21ClFN3O5S/c1-3-24(4-2)30(27,28)17-10-13(8-9-16(17)20)19(26)23-22-18(25)12-29-15-7-5-6-14(21)11-15/h5-11H,3-4,12H2,1-2H3,(H,22,25)(H,23,26). The van der Waals surface area contributed by atoms with E-state index in [4.69, 9.17) is 16.3 Å². The molecule has 0 aliphatic carbocycles. The molecule has 2 rings (SSSR count). The molecule has 0 heterocycles. The Morgan fingerprint density at radius 1 is 1.10 bits per heavy atom. The Morgan fingerprint density at radius 2 is 1.80 bits per heavy atom. The number of nitrogens with one attached hydrogen (secondary N) is 2. The van der Waals surface area contributed by atoms with Crippen LogP contribution in [-0.2, 0) is 14.8 Å². The minimum absolute atomic E-state index is 0.0171. The highest BCUT2D eigenvalue weighted by Gasteiger charge is 2.25. The predicted octanol–water partition coefficient (Wildman–Crippen LogP) is 2.35. The van der Waals surface area contributed by atoms with Gasteiger partial charge in [-0.3, -0.25) is 20.4 Å². The maximum Gasteiger partial charge on any atom is 0.276 e. The molecule has 0 fully saturated rings. The molecule has 0 unspecified atom stereocenters. The SMILES string of the molecule is CCN(CC)S(=O)(=O)c1cc(C(=O)NNC(=O)COc2cccc(F)c2)ccc1Cl. The number of benzene rings is 2. The summed E-state index contributed by atoms with van der Waals surface area (Å²) in [6.45, 7) is 3.39. The van der Waals surface area contributed by atoms with Gasteiger partial charge in [0, 0.05) is 24.7 Å². The average Bonchev–Trinajstić information content (AvgIpc) is 2.71. The van der Waals surface area contributed by atoms with E-state index in [1.165, 1.54) is 34.6 Å². The molecule has 2 amide bonds. The molecular weight excluding hydrogens is 437 g/mol. The molecule has 162 valence electrons. The van der Waals surface area contributed by atoms with Crippen LogP contribution in [0.15, 0.2) is 47.4 Å². The Bertz CT molecular complexity index is 1030. The number of hydrazine groups is 1. The van der Waals surface area contributed by atoms with E-state index in [1.54, 1.807) is 13.8 Å². The van der Waals surface area contributed by atoms with Crippen LogP contribution in [0.2, 0.25) is 5.02 Å². The Balaban J connectivity index is 2.02. The average molecular weight is 458 g/mol. The zero-order valence-corrected chi connectivity index (χ0v) is 17.9. The van der Waals surface area contributed by atoms with E-state index in [1.807, 2.05) is 0 Å². The molecule has 8 nitrogen and oxygen atoms in total. The predicted molar refractivity (Wildman–Crippen MR) is 109 cm³/mol. The van der Waals surface area contributed by atoms with Gasteiger partial charge in [-0.25, -0.2) is 12.8 Å². The van der Waals surface area contributed by atoms with E-state index >= 15 is 0 Å². The molecule has 0 aliphatic heterocycles. The Morgan fingerprint density at radius 3 is 2.43 bits per heavy atom. The molecule has 0 atom stereocenters. The first kappa shape index (κ1) is 23.6. The van der Waals surface area contributed by atoms with Gasteiger partial charge < -0.3 is 4.74 Å². The maximum absolute atomic E-state index is 13.1. The monoisotopic (exact) mass is 457 g/mol. The molecule has 0 saturated carbocycles. The Labute approximate surface area is 179 Å². The molecule has 11 heteroatoms. The normalized spacial score (nSPS) is 11.2. The second-order valence-electron chi connectivity index (χ2n) is 5.98. The van der Waals surface area contributed by atoms with E-state index in [0.29, 0.717) is 0 Å². The van der Waals surface area contributed by atoms with Crippen LogP contribution in [0.5, 0.6) is 5.75 Å². The van der Waals surface area contributed by atoms with Gasteiger partial charge in [0.1, 0.15) is 16.5 Å². The van der Waals surface area contributed by atoms with Crippen molar-refractivity contribution in [1.29, 1.82) is 0 Å². The van der Waals surface area contributed by atoms with Crippen molar-refractivity contribution in [1.82, 2.24) is 15.2 Å². The van der Waals surface area contributed by atoms with Gasteiger partial charge in [0.05, 0.1) is 5.02 Å². The summed E-state index contributed by atoms with van der Waals surface area (Å²) in [7, 11) is -3.88. The number of hydrogen-bond acceptors (Lipinski definition) is 5. The molecule has 0 aromatic heterocycles. The Hall–Kier alpha value is -2.69. The van der Waals surface area contributed by atoms with Crippen LogP contribution >= 0.6 is 11.6 Å². The first-order valence-electron chi connectivity index (χ1n) is 8.96. The van der Waals surface area contributed by atoms with Gasteiger partial charge in [-0.15, -0.1) is 0 Å². The Kier molecular flexibility index (Phi) is 8.16. The third-order valence-electron chi connectivity index (χ3n) is 4.00. The number of sulfonamides is 1. The van der Waals surface area contributed by atoms with Crippen LogP contribution in [0.4, 0.5) is 4.39 Å². The smallest absolute Gasteiger partial charge is 0.276 e. The van der Waals surface area contributed by atoms with Gasteiger partial charge >= 0.3 is 0 Å². The lowest BCUT2D eigenvalue weighted by molar-refractivity contribution is -0.123. The van der Waals surface area contributed by atoms with Gasteiger partial charge in [-0.2, -0.15) is 4.31 Å². The number of carbonyl (C=O) groups is 2. The quantitative estimate of drug-likeness (QED) is 0.592. The first-order chi connectivity index (χ1) is 14.2. The van der Waals surface area contributed by atoms with Crippen molar-refractivity contribution in [3.05, 3.63) is 58.9 Å². The number of rotatable bonds is 8. The number of carbonyl (C=O) groups excluding carboxylic acids is 2. The lowest BCUT2D eigenvalue weighted by Gasteiger charge is -2.19. The zero-order chi connectivity index (χ0) is 22.3. The van der Waals surface area contributed by atoms with Crippen molar-refractivity contribution in [2.75, 3.05) is 19.7 Å². The first-order valence-corrected chi connectivity index (χ1v) is 10.8. The summed E-state index contributed by atoms with van der Waals surface area (Å²) in [4.78, 5) is 23.9. The summed E-state index contributed by atoms with van der Waals surface area (Å²) >= 11 is 6.03. The second kappa shape index (κ2) is 10.4. The van der Waals surface area contributed by atoms with Crippen molar-refractivity contribution in [3.63, 3.8) is 0 Å². The highest BCUT2D eigenvalue weighted by atomic mass is 35.5. The topological polar surface area (TPSA) is 105 Å². The number of halogens is 2. The fraction of sp³-hybridized carbons (Fsp3) is 0.263. The largest absolute Gasteiger partial charge is 0.484 e. The van der Waals surface area contributed by atoms with E-state index in [0.717, 1.165) is 12.1 Å². The van der Waals surface area contributed by atoms with Crippen molar-refractivity contribution in [3.8, 4) is 5.75 Å².